The molecule has 0 aliphatic heterocycles. The molecule has 0 saturated heterocycles. The van der Waals surface area contributed by atoms with E-state index < -0.39 is 5.97 Å². The van der Waals surface area contributed by atoms with Crippen LogP contribution in [0.15, 0.2) is 30.3 Å². The van der Waals surface area contributed by atoms with Crippen LogP contribution in [-0.4, -0.2) is 11.1 Å². The lowest BCUT2D eigenvalue weighted by molar-refractivity contribution is 0.0697. The van der Waals surface area contributed by atoms with Gasteiger partial charge in [0.1, 0.15) is 0 Å². The summed E-state index contributed by atoms with van der Waals surface area (Å²) in [7, 11) is 0. The number of carboxylic acids is 1. The Bertz CT molecular complexity index is 203. The molecule has 1 aromatic carbocycles. The molecule has 2 heteroatoms. The van der Waals surface area contributed by atoms with Gasteiger partial charge in [0.15, 0.2) is 0 Å². The molecule has 2 nitrogen and oxygen atoms in total. The third kappa shape index (κ3) is 1.29. The van der Waals surface area contributed by atoms with Gasteiger partial charge < -0.3 is 5.11 Å². The van der Waals surface area contributed by atoms with Crippen molar-refractivity contribution in [2.24, 2.45) is 0 Å². The Morgan fingerprint density at radius 3 is 2.11 bits per heavy atom. The highest BCUT2D eigenvalue weighted by Gasteiger charge is 1.96. The van der Waals surface area contributed by atoms with Crippen LogP contribution in [0.5, 0.6) is 0 Å². The van der Waals surface area contributed by atoms with Crippen molar-refractivity contribution in [3.8, 4) is 0 Å². The van der Waals surface area contributed by atoms with E-state index in [0.717, 1.165) is 0 Å². The largest absolute Gasteiger partial charge is 0.478 e. The second-order valence-corrected chi connectivity index (χ2v) is 1.67. The molecule has 0 radical (unpaired) electrons. The molecular weight excluding hydrogens is 117 g/mol. The van der Waals surface area contributed by atoms with E-state index in [2.05, 4.69) is 0 Å². The lowest BCUT2D eigenvalue weighted by atomic mass is 10.3. The number of rotatable bonds is 1. The van der Waals surface area contributed by atoms with Crippen LogP contribution in [-0.2, 0) is 0 Å². The minimum atomic E-state index is -0.879. The Hall–Kier alpha value is -1.31. The molecule has 0 spiro atoms. The summed E-state index contributed by atoms with van der Waals surface area (Å²) in [6.07, 6.45) is 0. The zero-order valence-corrected chi connectivity index (χ0v) is 4.74. The number of benzene rings is 1. The minimum Gasteiger partial charge on any atom is -0.478 e. The van der Waals surface area contributed by atoms with Gasteiger partial charge in [-0.05, 0) is 12.1 Å². The average molecular weight is 123 g/mol. The molecular formula is C7H6O2. The zero-order valence-electron chi connectivity index (χ0n) is 4.74. The van der Waals surface area contributed by atoms with Gasteiger partial charge in [-0.25, -0.2) is 4.79 Å². The number of aromatic carboxylic acids is 1. The summed E-state index contributed by atoms with van der Waals surface area (Å²) >= 11 is 0. The summed E-state index contributed by atoms with van der Waals surface area (Å²) < 4.78 is 0. The van der Waals surface area contributed by atoms with Crippen molar-refractivity contribution >= 4 is 5.97 Å². The molecule has 0 heterocycles. The van der Waals surface area contributed by atoms with E-state index >= 15 is 0 Å². The van der Waals surface area contributed by atoms with Crippen molar-refractivity contribution in [1.82, 2.24) is 0 Å². The Kier molecular flexibility index (Phi) is 1.49. The summed E-state index contributed by atoms with van der Waals surface area (Å²) in [6, 6.07) is 8.30. The molecule has 46 valence electrons. The van der Waals surface area contributed by atoms with Gasteiger partial charge in [-0.2, -0.15) is 0 Å². The second-order valence-electron chi connectivity index (χ2n) is 1.67. The van der Waals surface area contributed by atoms with Crippen LogP contribution in [0.25, 0.3) is 0 Å². The molecule has 0 aromatic heterocycles. The van der Waals surface area contributed by atoms with Gasteiger partial charge in [0.25, 0.3) is 0 Å². The van der Waals surface area contributed by atoms with Crippen LogP contribution >= 0.6 is 0 Å². The number of hydrogen-bond acceptors (Lipinski definition) is 1. The van der Waals surface area contributed by atoms with E-state index in [-0.39, 0.29) is 0 Å². The maximum Gasteiger partial charge on any atom is 0.335 e. The van der Waals surface area contributed by atoms with Gasteiger partial charge >= 0.3 is 5.97 Å². The first-order valence-electron chi connectivity index (χ1n) is 2.59. The molecule has 0 unspecified atom stereocenters. The van der Waals surface area contributed by atoms with Gasteiger partial charge in [-0.1, -0.05) is 18.2 Å². The Morgan fingerprint density at radius 2 is 1.78 bits per heavy atom. The monoisotopic (exact) mass is 123 g/mol. The van der Waals surface area contributed by atoms with Crippen molar-refractivity contribution in [2.75, 3.05) is 0 Å². The van der Waals surface area contributed by atoms with E-state index in [1.54, 1.807) is 30.3 Å². The Labute approximate surface area is 52.8 Å². The maximum atomic E-state index is 10.2. The normalized spacial score (nSPS) is 8.89. The topological polar surface area (TPSA) is 37.3 Å². The van der Waals surface area contributed by atoms with E-state index in [4.69, 9.17) is 5.11 Å². The van der Waals surface area contributed by atoms with Crippen LogP contribution in [0, 0.1) is 0 Å². The minimum absolute atomic E-state index is 0.331. The molecule has 0 aliphatic rings. The fourth-order valence-corrected chi connectivity index (χ4v) is 0.581. The molecule has 1 N–H and O–H groups in total. The van der Waals surface area contributed by atoms with Gasteiger partial charge in [0, 0.05) is 0 Å². The highest BCUT2D eigenvalue weighted by atomic mass is 16.4. The fourth-order valence-electron chi connectivity index (χ4n) is 0.581. The molecule has 1 rings (SSSR count). The van der Waals surface area contributed by atoms with Crippen LogP contribution < -0.4 is 0 Å². The summed E-state index contributed by atoms with van der Waals surface area (Å²) in [4.78, 5) is 10.2. The van der Waals surface area contributed by atoms with Gasteiger partial charge in [-0.15, -0.1) is 0 Å². The van der Waals surface area contributed by atoms with Gasteiger partial charge in [0.05, 0.1) is 5.56 Å². The standard InChI is InChI=1S/C7H6O2/c8-7(9)6-4-2-1-3-5-6/h1-5H,(H,8,9)/i4+1. The SMILES string of the molecule is O=C(O)c1cccc[13cH]1. The second kappa shape index (κ2) is 2.31. The average Bonchev–Trinajstić information content (AvgIpc) is 1.90. The molecule has 0 saturated carbocycles. The fraction of sp³-hybridized carbons (Fsp3) is 0. The molecule has 0 bridgehead atoms. The molecule has 9 heavy (non-hydrogen) atoms. The Balaban J connectivity index is 2.98. The van der Waals surface area contributed by atoms with E-state index in [1.807, 2.05) is 0 Å². The zero-order chi connectivity index (χ0) is 6.69. The van der Waals surface area contributed by atoms with Crippen molar-refractivity contribution in [1.29, 1.82) is 0 Å². The third-order valence-electron chi connectivity index (χ3n) is 1.02. The predicted octanol–water partition coefficient (Wildman–Crippen LogP) is 1.38. The molecule has 0 fully saturated rings. The summed E-state index contributed by atoms with van der Waals surface area (Å²) in [5.41, 5.74) is 0.331. The third-order valence-corrected chi connectivity index (χ3v) is 1.02. The van der Waals surface area contributed by atoms with Crippen LogP contribution in [0.1, 0.15) is 10.4 Å². The first-order valence-corrected chi connectivity index (χ1v) is 2.59. The lowest BCUT2D eigenvalue weighted by Gasteiger charge is -1.88. The smallest absolute Gasteiger partial charge is 0.335 e. The van der Waals surface area contributed by atoms with Gasteiger partial charge in [-0.3, -0.25) is 0 Å². The summed E-state index contributed by atoms with van der Waals surface area (Å²) in [5.74, 6) is -0.879. The predicted molar refractivity (Wildman–Crippen MR) is 33.4 cm³/mol. The molecule has 0 aliphatic carbocycles. The van der Waals surface area contributed by atoms with E-state index in [1.165, 1.54) is 0 Å². The number of hydrogen-bond donors (Lipinski definition) is 1. The summed E-state index contributed by atoms with van der Waals surface area (Å²) in [5, 5.41) is 8.38. The quantitative estimate of drug-likeness (QED) is 0.612. The molecule has 1 aromatic rings. The first-order chi connectivity index (χ1) is 4.30. The highest BCUT2D eigenvalue weighted by Crippen LogP contribution is 1.96. The lowest BCUT2D eigenvalue weighted by Crippen LogP contribution is -1.93. The number of carbonyl (C=O) groups is 1. The first kappa shape index (κ1) is 5.82. The number of carboxylic acid groups (broad SMARTS) is 1. The van der Waals surface area contributed by atoms with E-state index in [9.17, 15) is 4.79 Å². The van der Waals surface area contributed by atoms with Crippen LogP contribution in [0.4, 0.5) is 0 Å². The van der Waals surface area contributed by atoms with Gasteiger partial charge in [0.2, 0.25) is 0 Å². The van der Waals surface area contributed by atoms with Crippen molar-refractivity contribution < 1.29 is 9.90 Å². The van der Waals surface area contributed by atoms with Crippen molar-refractivity contribution in [3.63, 3.8) is 0 Å². The van der Waals surface area contributed by atoms with Crippen molar-refractivity contribution in [2.45, 2.75) is 0 Å². The Morgan fingerprint density at radius 1 is 1.22 bits per heavy atom. The highest BCUT2D eigenvalue weighted by molar-refractivity contribution is 5.87. The van der Waals surface area contributed by atoms with Crippen LogP contribution in [0.2, 0.25) is 0 Å². The van der Waals surface area contributed by atoms with Crippen molar-refractivity contribution in [3.05, 3.63) is 35.9 Å². The molecule has 0 amide bonds. The van der Waals surface area contributed by atoms with Crippen LogP contribution in [0.3, 0.4) is 0 Å². The van der Waals surface area contributed by atoms with E-state index in [0.29, 0.717) is 5.56 Å². The summed E-state index contributed by atoms with van der Waals surface area (Å²) in [6.45, 7) is 0. The maximum absolute atomic E-state index is 10.2. The molecule has 0 atom stereocenters.